The van der Waals surface area contributed by atoms with Gasteiger partial charge in [-0.15, -0.1) is 0 Å². The number of rotatable bonds is 6. The molecule has 1 fully saturated rings. The number of aromatic nitrogens is 5. The van der Waals surface area contributed by atoms with Crippen LogP contribution in [0.15, 0.2) is 51.2 Å². The van der Waals surface area contributed by atoms with Crippen LogP contribution in [-0.2, 0) is 16.6 Å². The number of hydrogen-bond acceptors (Lipinski definition) is 8. The van der Waals surface area contributed by atoms with Crippen molar-refractivity contribution >= 4 is 27.6 Å². The molecule has 6 N–H and O–H groups in total. The fraction of sp³-hybridized carbons (Fsp3) is 0.200. The molecule has 0 spiro atoms. The second-order valence-corrected chi connectivity index (χ2v) is 9.28. The summed E-state index contributed by atoms with van der Waals surface area (Å²) in [6.07, 6.45) is 5.18. The Hall–Kier alpha value is -3.97. The number of hydrogen-bond donors (Lipinski definition) is 5. The van der Waals surface area contributed by atoms with Crippen molar-refractivity contribution in [2.24, 2.45) is 10.1 Å². The van der Waals surface area contributed by atoms with Crippen LogP contribution in [0.4, 0.5) is 5.82 Å². The smallest absolute Gasteiger partial charge is 0.326 e. The molecule has 0 atom stereocenters. The third-order valence-electron chi connectivity index (χ3n) is 5.10. The Labute approximate surface area is 186 Å². The number of nitrogens with one attached hydrogen (secondary N) is 3. The Morgan fingerprint density at radius 3 is 2.67 bits per heavy atom. The maximum Gasteiger partial charge on any atom is 0.326 e. The molecule has 0 unspecified atom stereocenters. The number of primary sulfonamides is 1. The minimum Gasteiger partial charge on any atom is -0.493 e. The summed E-state index contributed by atoms with van der Waals surface area (Å²) >= 11 is 0. The largest absolute Gasteiger partial charge is 0.493 e. The van der Waals surface area contributed by atoms with Crippen molar-refractivity contribution < 1.29 is 13.5 Å². The predicted molar refractivity (Wildman–Crippen MR) is 119 cm³/mol. The molecular formula is C20H20N8O4S. The molecule has 0 bridgehead atoms. The molecule has 3 aromatic heterocycles. The lowest BCUT2D eigenvalue weighted by atomic mass is 10.2. The number of sulfonamides is 1. The number of imidazole rings is 1. The van der Waals surface area contributed by atoms with Gasteiger partial charge in [0.05, 0.1) is 17.1 Å². The summed E-state index contributed by atoms with van der Waals surface area (Å²) in [6, 6.07) is 8.27. The molecule has 4 aromatic rings. The Balaban J connectivity index is 1.52. The van der Waals surface area contributed by atoms with E-state index in [1.165, 1.54) is 12.1 Å². The third kappa shape index (κ3) is 4.49. The average Bonchev–Trinajstić information content (AvgIpc) is 3.40. The number of anilines is 1. The molecule has 3 heterocycles. The highest BCUT2D eigenvalue weighted by molar-refractivity contribution is 7.89. The summed E-state index contributed by atoms with van der Waals surface area (Å²) in [7, 11) is -3.75. The van der Waals surface area contributed by atoms with E-state index in [0.717, 1.165) is 18.4 Å². The zero-order valence-corrected chi connectivity index (χ0v) is 18.0. The molecule has 1 saturated carbocycles. The summed E-state index contributed by atoms with van der Waals surface area (Å²) in [5.41, 5.74) is 1.64. The van der Waals surface area contributed by atoms with Gasteiger partial charge in [0.15, 0.2) is 11.1 Å². The van der Waals surface area contributed by atoms with E-state index in [1.54, 1.807) is 35.0 Å². The van der Waals surface area contributed by atoms with Crippen LogP contribution >= 0.6 is 0 Å². The van der Waals surface area contributed by atoms with Crippen molar-refractivity contribution in [3.05, 3.63) is 69.0 Å². The number of H-pyrrole nitrogens is 2. The zero-order valence-electron chi connectivity index (χ0n) is 17.2. The number of nitrogens with two attached hydrogens (primary N) is 1. The number of aromatic amines is 2. The maximum absolute atomic E-state index is 11.4. The van der Waals surface area contributed by atoms with Crippen LogP contribution in [0.3, 0.4) is 0 Å². The molecule has 1 aliphatic carbocycles. The lowest BCUT2D eigenvalue weighted by Crippen LogP contribution is -2.20. The molecule has 0 aliphatic heterocycles. The second kappa shape index (κ2) is 7.86. The fourth-order valence-corrected chi connectivity index (χ4v) is 3.79. The molecule has 12 nitrogen and oxygen atoms in total. The van der Waals surface area contributed by atoms with Crippen LogP contribution in [0.1, 0.15) is 24.1 Å². The first-order valence-corrected chi connectivity index (χ1v) is 11.6. The molecule has 0 radical (unpaired) electrons. The Morgan fingerprint density at radius 1 is 1.27 bits per heavy atom. The zero-order chi connectivity index (χ0) is 23.2. The van der Waals surface area contributed by atoms with Crippen molar-refractivity contribution in [3.63, 3.8) is 0 Å². The molecule has 1 aliphatic rings. The van der Waals surface area contributed by atoms with Crippen LogP contribution < -0.4 is 26.9 Å². The van der Waals surface area contributed by atoms with E-state index in [1.807, 2.05) is 0 Å². The quantitative estimate of drug-likeness (QED) is 0.248. The third-order valence-corrected chi connectivity index (χ3v) is 6.03. The summed E-state index contributed by atoms with van der Waals surface area (Å²) in [5.74, 6) is 0.263. The van der Waals surface area contributed by atoms with E-state index in [0.29, 0.717) is 28.7 Å². The maximum atomic E-state index is 11.4. The van der Waals surface area contributed by atoms with Crippen molar-refractivity contribution in [2.75, 3.05) is 5.32 Å². The lowest BCUT2D eigenvalue weighted by molar-refractivity contribution is 0.454. The molecule has 33 heavy (non-hydrogen) atoms. The Bertz CT molecular complexity index is 1630. The number of nitrogens with zero attached hydrogens (tertiary/aromatic N) is 4. The Morgan fingerprint density at radius 2 is 2.03 bits per heavy atom. The first kappa shape index (κ1) is 20.9. The SMILES string of the molecule is NS(=O)(=O)c1ccc(CNc2cc(=NC3CC3)n3nc/c(=C\c4[nH]c(=O)[nH]c4O)c3n2)cc1. The van der Waals surface area contributed by atoms with Crippen molar-refractivity contribution in [2.45, 2.75) is 30.3 Å². The van der Waals surface area contributed by atoms with E-state index in [9.17, 15) is 18.3 Å². The van der Waals surface area contributed by atoms with Crippen LogP contribution in [-0.4, -0.2) is 44.1 Å². The minimum absolute atomic E-state index is 0.0433. The van der Waals surface area contributed by atoms with Gasteiger partial charge in [-0.1, -0.05) is 12.1 Å². The van der Waals surface area contributed by atoms with E-state index < -0.39 is 15.7 Å². The van der Waals surface area contributed by atoms with Crippen LogP contribution in [0.2, 0.25) is 0 Å². The summed E-state index contributed by atoms with van der Waals surface area (Å²) < 4.78 is 24.5. The minimum atomic E-state index is -3.75. The van der Waals surface area contributed by atoms with E-state index in [4.69, 9.17) is 10.1 Å². The van der Waals surface area contributed by atoms with E-state index in [-0.39, 0.29) is 22.5 Å². The first-order chi connectivity index (χ1) is 15.8. The number of benzene rings is 1. The van der Waals surface area contributed by atoms with Crippen LogP contribution in [0.5, 0.6) is 5.88 Å². The van der Waals surface area contributed by atoms with Gasteiger partial charge in [0.2, 0.25) is 15.9 Å². The van der Waals surface area contributed by atoms with Gasteiger partial charge in [-0.3, -0.25) is 9.98 Å². The predicted octanol–water partition coefficient (Wildman–Crippen LogP) is -0.678. The van der Waals surface area contributed by atoms with Gasteiger partial charge in [0.1, 0.15) is 11.5 Å². The molecule has 0 saturated heterocycles. The Kier molecular flexibility index (Phi) is 4.98. The van der Waals surface area contributed by atoms with Crippen LogP contribution in [0, 0.1) is 0 Å². The van der Waals surface area contributed by atoms with Crippen molar-refractivity contribution in [1.29, 1.82) is 0 Å². The van der Waals surface area contributed by atoms with Crippen LogP contribution in [0.25, 0.3) is 11.7 Å². The second-order valence-electron chi connectivity index (χ2n) is 7.72. The number of fused-ring (bicyclic) bond motifs is 1. The van der Waals surface area contributed by atoms with E-state index in [2.05, 4.69) is 25.4 Å². The molecule has 1 aromatic carbocycles. The highest BCUT2D eigenvalue weighted by Gasteiger charge is 2.20. The summed E-state index contributed by atoms with van der Waals surface area (Å²) in [6.45, 7) is 0.385. The molecule has 13 heteroatoms. The summed E-state index contributed by atoms with van der Waals surface area (Å²) in [4.78, 5) is 25.6. The normalized spacial score (nSPS) is 15.4. The van der Waals surface area contributed by atoms with Gasteiger partial charge in [-0.05, 0) is 36.6 Å². The van der Waals surface area contributed by atoms with Crippen molar-refractivity contribution in [1.82, 2.24) is 24.6 Å². The highest BCUT2D eigenvalue weighted by atomic mass is 32.2. The summed E-state index contributed by atoms with van der Waals surface area (Å²) in [5, 5.41) is 23.2. The van der Waals surface area contributed by atoms with Crippen molar-refractivity contribution in [3.8, 4) is 5.88 Å². The average molecular weight is 468 g/mol. The monoisotopic (exact) mass is 468 g/mol. The van der Waals surface area contributed by atoms with Gasteiger partial charge in [0, 0.05) is 17.8 Å². The topological polar surface area (TPSA) is 184 Å². The fourth-order valence-electron chi connectivity index (χ4n) is 3.28. The molecule has 5 rings (SSSR count). The lowest BCUT2D eigenvalue weighted by Gasteiger charge is -2.07. The van der Waals surface area contributed by atoms with Gasteiger partial charge in [-0.2, -0.15) is 9.61 Å². The van der Waals surface area contributed by atoms with Gasteiger partial charge in [-0.25, -0.2) is 23.3 Å². The van der Waals surface area contributed by atoms with E-state index >= 15 is 0 Å². The number of aromatic hydroxyl groups is 1. The molecule has 170 valence electrons. The standard InChI is InChI=1S/C20H20N8O4S/c21-33(31,32)14-5-1-11(2-6-14)9-22-16-8-17(24-13-3-4-13)28-18(26-16)12(10-23-28)7-15-19(29)27-20(30)25-15/h1-2,5-8,10,13,22,29H,3-4,9H2,(H2,21,31,32)(H2,25,27,30)/b12-7+,24-17?. The highest BCUT2D eigenvalue weighted by Crippen LogP contribution is 2.22. The molecular weight excluding hydrogens is 448 g/mol. The van der Waals surface area contributed by atoms with Gasteiger partial charge in [0.25, 0.3) is 0 Å². The first-order valence-electron chi connectivity index (χ1n) is 10.1. The van der Waals surface area contributed by atoms with Gasteiger partial charge >= 0.3 is 5.69 Å². The van der Waals surface area contributed by atoms with Gasteiger partial charge < -0.3 is 15.4 Å². The molecule has 0 amide bonds.